The third kappa shape index (κ3) is 6.12. The predicted octanol–water partition coefficient (Wildman–Crippen LogP) is 5.55. The Morgan fingerprint density at radius 3 is 2.72 bits per heavy atom. The van der Waals surface area contributed by atoms with E-state index in [0.717, 1.165) is 29.7 Å². The third-order valence-corrected chi connectivity index (χ3v) is 6.85. The highest BCUT2D eigenvalue weighted by molar-refractivity contribution is 7.17. The summed E-state index contributed by atoms with van der Waals surface area (Å²) in [6, 6.07) is 4.92. The number of benzene rings is 1. The number of nitrogens with one attached hydrogen (secondary N) is 1. The summed E-state index contributed by atoms with van der Waals surface area (Å²) in [7, 11) is 0. The van der Waals surface area contributed by atoms with E-state index in [0.29, 0.717) is 32.1 Å². The van der Waals surface area contributed by atoms with E-state index in [1.165, 1.54) is 23.5 Å². The van der Waals surface area contributed by atoms with Gasteiger partial charge in [0.15, 0.2) is 6.61 Å². The third-order valence-electron chi connectivity index (χ3n) is 4.95. The lowest BCUT2D eigenvalue weighted by Gasteiger charge is -2.18. The molecule has 1 aromatic carbocycles. The number of carbonyl (C=O) groups is 3. The highest BCUT2D eigenvalue weighted by Gasteiger charge is 2.29. The quantitative estimate of drug-likeness (QED) is 0.402. The van der Waals surface area contributed by atoms with Gasteiger partial charge in [-0.15, -0.1) is 11.3 Å². The van der Waals surface area contributed by atoms with Gasteiger partial charge in [-0.05, 0) is 61.4 Å². The van der Waals surface area contributed by atoms with Gasteiger partial charge in [0.05, 0.1) is 22.2 Å². The van der Waals surface area contributed by atoms with Crippen molar-refractivity contribution in [1.29, 1.82) is 0 Å². The number of hydrogen-bond donors (Lipinski definition) is 1. The van der Waals surface area contributed by atoms with Crippen LogP contribution in [0.4, 0.5) is 5.00 Å². The van der Waals surface area contributed by atoms with Crippen molar-refractivity contribution in [1.82, 2.24) is 0 Å². The topological polar surface area (TPSA) is 81.7 Å². The normalized spacial score (nSPS) is 15.3. The van der Waals surface area contributed by atoms with Crippen molar-refractivity contribution in [2.24, 2.45) is 5.92 Å². The van der Waals surface area contributed by atoms with Crippen molar-refractivity contribution >= 4 is 63.5 Å². The molecule has 1 N–H and O–H groups in total. The number of hydrogen-bond acceptors (Lipinski definition) is 6. The molecule has 3 rings (SSSR count). The van der Waals surface area contributed by atoms with Crippen LogP contribution in [0, 0.1) is 5.92 Å². The average Bonchev–Trinajstić information content (AvgIpc) is 3.10. The monoisotopic (exact) mass is 495 g/mol. The fraction of sp³-hybridized carbons (Fsp3) is 0.348. The van der Waals surface area contributed by atoms with Crippen molar-refractivity contribution in [3.8, 4) is 0 Å². The number of anilines is 1. The Hall–Kier alpha value is -2.35. The Morgan fingerprint density at radius 2 is 2.00 bits per heavy atom. The lowest BCUT2D eigenvalue weighted by atomic mass is 9.88. The molecule has 1 atom stereocenters. The minimum Gasteiger partial charge on any atom is -0.462 e. The Labute approximate surface area is 200 Å². The molecule has 0 fully saturated rings. The fourth-order valence-electron chi connectivity index (χ4n) is 3.39. The lowest BCUT2D eigenvalue weighted by molar-refractivity contribution is -0.142. The molecule has 1 amide bonds. The molecule has 32 heavy (non-hydrogen) atoms. The van der Waals surface area contributed by atoms with Gasteiger partial charge in [-0.3, -0.25) is 4.79 Å². The van der Waals surface area contributed by atoms with Gasteiger partial charge in [-0.1, -0.05) is 36.2 Å². The van der Waals surface area contributed by atoms with Crippen molar-refractivity contribution in [3.63, 3.8) is 0 Å². The molecular formula is C23H23Cl2NO5S. The van der Waals surface area contributed by atoms with Gasteiger partial charge < -0.3 is 14.8 Å². The molecule has 0 bridgehead atoms. The van der Waals surface area contributed by atoms with Gasteiger partial charge in [0.25, 0.3) is 5.91 Å². The van der Waals surface area contributed by atoms with Gasteiger partial charge in [-0.25, -0.2) is 9.59 Å². The predicted molar refractivity (Wildman–Crippen MR) is 127 cm³/mol. The maximum absolute atomic E-state index is 12.5. The Balaban J connectivity index is 1.63. The largest absolute Gasteiger partial charge is 0.462 e. The maximum atomic E-state index is 12.5. The summed E-state index contributed by atoms with van der Waals surface area (Å²) < 4.78 is 10.2. The van der Waals surface area contributed by atoms with Crippen LogP contribution >= 0.6 is 34.5 Å². The zero-order valence-corrected chi connectivity index (χ0v) is 20.0. The highest BCUT2D eigenvalue weighted by atomic mass is 35.5. The molecule has 1 unspecified atom stereocenters. The maximum Gasteiger partial charge on any atom is 0.341 e. The van der Waals surface area contributed by atoms with E-state index >= 15 is 0 Å². The van der Waals surface area contributed by atoms with Crippen LogP contribution in [0.5, 0.6) is 0 Å². The second-order valence-electron chi connectivity index (χ2n) is 7.44. The Kier molecular flexibility index (Phi) is 8.34. The van der Waals surface area contributed by atoms with Gasteiger partial charge in [0.1, 0.15) is 5.00 Å². The molecule has 1 aliphatic carbocycles. The standard InChI is InChI=1S/C23H23Cl2NO5S/c1-3-30-23(29)21-15-7-4-13(2)10-18(15)32-22(21)26-19(27)12-31-20(28)9-6-14-5-8-16(24)17(25)11-14/h5-6,8-9,11,13H,3-4,7,10,12H2,1-2H3,(H,26,27). The van der Waals surface area contributed by atoms with E-state index in [-0.39, 0.29) is 6.61 Å². The minimum atomic E-state index is -0.684. The van der Waals surface area contributed by atoms with Crippen molar-refractivity contribution in [2.75, 3.05) is 18.5 Å². The van der Waals surface area contributed by atoms with Gasteiger partial charge >= 0.3 is 11.9 Å². The molecule has 6 nitrogen and oxygen atoms in total. The molecular weight excluding hydrogens is 473 g/mol. The zero-order chi connectivity index (χ0) is 23.3. The molecule has 170 valence electrons. The summed E-state index contributed by atoms with van der Waals surface area (Å²) in [5, 5.41) is 3.93. The summed E-state index contributed by atoms with van der Waals surface area (Å²) in [6.07, 6.45) is 5.31. The summed E-state index contributed by atoms with van der Waals surface area (Å²) in [6.45, 7) is 3.67. The Bertz CT molecular complexity index is 1060. The van der Waals surface area contributed by atoms with Crippen LogP contribution in [0.25, 0.3) is 6.08 Å². The minimum absolute atomic E-state index is 0.246. The molecule has 2 aromatic rings. The van der Waals surface area contributed by atoms with Crippen LogP contribution in [0.15, 0.2) is 24.3 Å². The molecule has 0 spiro atoms. The summed E-state index contributed by atoms with van der Waals surface area (Å²) in [5.74, 6) is -1.14. The van der Waals surface area contributed by atoms with Gasteiger partial charge in [-0.2, -0.15) is 0 Å². The SMILES string of the molecule is CCOC(=O)c1c(NC(=O)COC(=O)C=Cc2ccc(Cl)c(Cl)c2)sc2c1CCC(C)C2. The molecule has 1 aliphatic rings. The molecule has 1 heterocycles. The number of carbonyl (C=O) groups excluding carboxylic acids is 3. The van der Waals surface area contributed by atoms with Crippen LogP contribution < -0.4 is 5.32 Å². The van der Waals surface area contributed by atoms with Crippen molar-refractivity contribution in [2.45, 2.75) is 33.1 Å². The molecule has 0 aliphatic heterocycles. The van der Waals surface area contributed by atoms with E-state index in [4.69, 9.17) is 32.7 Å². The lowest BCUT2D eigenvalue weighted by Crippen LogP contribution is -2.21. The molecule has 0 saturated carbocycles. The van der Waals surface area contributed by atoms with Crippen LogP contribution in [-0.2, 0) is 31.9 Å². The van der Waals surface area contributed by atoms with Gasteiger partial charge in [0.2, 0.25) is 0 Å². The number of halogens is 2. The molecule has 9 heteroatoms. The number of amides is 1. The average molecular weight is 496 g/mol. The Morgan fingerprint density at radius 1 is 1.22 bits per heavy atom. The van der Waals surface area contributed by atoms with Crippen LogP contribution in [0.3, 0.4) is 0 Å². The van der Waals surface area contributed by atoms with E-state index in [9.17, 15) is 14.4 Å². The number of ether oxygens (including phenoxy) is 2. The first kappa shape index (κ1) is 24.3. The second kappa shape index (κ2) is 11.0. The van der Waals surface area contributed by atoms with Crippen molar-refractivity contribution < 1.29 is 23.9 Å². The van der Waals surface area contributed by atoms with Gasteiger partial charge in [0, 0.05) is 11.0 Å². The van der Waals surface area contributed by atoms with E-state index in [2.05, 4.69) is 12.2 Å². The zero-order valence-electron chi connectivity index (χ0n) is 17.7. The number of rotatable bonds is 7. The van der Waals surface area contributed by atoms with E-state index in [1.54, 1.807) is 25.1 Å². The number of fused-ring (bicyclic) bond motifs is 1. The molecule has 0 saturated heterocycles. The van der Waals surface area contributed by atoms with Crippen LogP contribution in [0.2, 0.25) is 10.0 Å². The first-order valence-electron chi connectivity index (χ1n) is 10.2. The number of thiophene rings is 1. The highest BCUT2D eigenvalue weighted by Crippen LogP contribution is 2.40. The molecule has 1 aromatic heterocycles. The fourth-order valence-corrected chi connectivity index (χ4v) is 5.11. The van der Waals surface area contributed by atoms with E-state index in [1.807, 2.05) is 0 Å². The van der Waals surface area contributed by atoms with Crippen LogP contribution in [0.1, 0.15) is 46.6 Å². The molecule has 0 radical (unpaired) electrons. The van der Waals surface area contributed by atoms with Crippen molar-refractivity contribution in [3.05, 3.63) is 55.9 Å². The smallest absolute Gasteiger partial charge is 0.341 e. The van der Waals surface area contributed by atoms with E-state index < -0.39 is 24.5 Å². The summed E-state index contributed by atoms with van der Waals surface area (Å²) >= 11 is 13.2. The number of esters is 2. The van der Waals surface area contributed by atoms with Crippen LogP contribution in [-0.4, -0.2) is 31.1 Å². The first-order chi connectivity index (χ1) is 15.3. The summed E-state index contributed by atoms with van der Waals surface area (Å²) in [4.78, 5) is 38.0. The first-order valence-corrected chi connectivity index (χ1v) is 11.8. The summed E-state index contributed by atoms with van der Waals surface area (Å²) in [5.41, 5.74) is 2.03. The second-order valence-corrected chi connectivity index (χ2v) is 9.36.